The molecule has 0 aliphatic rings. The number of anilines is 1. The molecule has 0 spiro atoms. The SMILES string of the molecule is CCn1c(N)cnc1COc1cccc(F)c1. The Morgan fingerprint density at radius 3 is 3.00 bits per heavy atom. The average molecular weight is 235 g/mol. The molecular formula is C12H14FN3O. The van der Waals surface area contributed by atoms with Crippen molar-refractivity contribution in [2.75, 3.05) is 5.73 Å². The van der Waals surface area contributed by atoms with Gasteiger partial charge in [0.05, 0.1) is 6.20 Å². The van der Waals surface area contributed by atoms with Gasteiger partial charge >= 0.3 is 0 Å². The van der Waals surface area contributed by atoms with Crippen LogP contribution in [0.15, 0.2) is 30.5 Å². The van der Waals surface area contributed by atoms with Gasteiger partial charge in [0.15, 0.2) is 0 Å². The van der Waals surface area contributed by atoms with Crippen LogP contribution in [0.1, 0.15) is 12.7 Å². The normalized spacial score (nSPS) is 10.5. The fourth-order valence-corrected chi connectivity index (χ4v) is 1.61. The van der Waals surface area contributed by atoms with Crippen LogP contribution >= 0.6 is 0 Å². The highest BCUT2D eigenvalue weighted by atomic mass is 19.1. The highest BCUT2D eigenvalue weighted by Crippen LogP contribution is 2.15. The molecule has 0 atom stereocenters. The van der Waals surface area contributed by atoms with Crippen LogP contribution in [0, 0.1) is 5.82 Å². The van der Waals surface area contributed by atoms with Crippen LogP contribution < -0.4 is 10.5 Å². The van der Waals surface area contributed by atoms with Gasteiger partial charge in [-0.2, -0.15) is 0 Å². The number of hydrogen-bond donors (Lipinski definition) is 1. The van der Waals surface area contributed by atoms with Crippen LogP contribution in [0.4, 0.5) is 10.2 Å². The summed E-state index contributed by atoms with van der Waals surface area (Å²) in [6.07, 6.45) is 1.59. The fraction of sp³-hybridized carbons (Fsp3) is 0.250. The number of aromatic nitrogens is 2. The number of halogens is 1. The number of nitrogens with zero attached hydrogens (tertiary/aromatic N) is 2. The first-order chi connectivity index (χ1) is 8.20. The summed E-state index contributed by atoms with van der Waals surface area (Å²) in [7, 11) is 0. The number of hydrogen-bond acceptors (Lipinski definition) is 3. The summed E-state index contributed by atoms with van der Waals surface area (Å²) >= 11 is 0. The van der Waals surface area contributed by atoms with Crippen molar-refractivity contribution in [1.82, 2.24) is 9.55 Å². The molecule has 0 unspecified atom stereocenters. The molecule has 0 bridgehead atoms. The van der Waals surface area contributed by atoms with Gasteiger partial charge in [-0.15, -0.1) is 0 Å². The van der Waals surface area contributed by atoms with Gasteiger partial charge in [0.1, 0.15) is 29.8 Å². The molecule has 1 aromatic heterocycles. The quantitative estimate of drug-likeness (QED) is 0.883. The van der Waals surface area contributed by atoms with Gasteiger partial charge in [0.25, 0.3) is 0 Å². The Kier molecular flexibility index (Phi) is 3.27. The Morgan fingerprint density at radius 1 is 1.47 bits per heavy atom. The highest BCUT2D eigenvalue weighted by Gasteiger charge is 2.06. The molecule has 1 heterocycles. The number of nitrogens with two attached hydrogens (primary N) is 1. The molecule has 17 heavy (non-hydrogen) atoms. The lowest BCUT2D eigenvalue weighted by Gasteiger charge is -2.08. The minimum absolute atomic E-state index is 0.272. The van der Waals surface area contributed by atoms with E-state index in [0.29, 0.717) is 11.6 Å². The van der Waals surface area contributed by atoms with Crippen LogP contribution in [0.3, 0.4) is 0 Å². The third kappa shape index (κ3) is 2.55. The van der Waals surface area contributed by atoms with E-state index in [2.05, 4.69) is 4.98 Å². The van der Waals surface area contributed by atoms with Crippen LogP contribution in [-0.2, 0) is 13.2 Å². The third-order valence-corrected chi connectivity index (χ3v) is 2.45. The zero-order chi connectivity index (χ0) is 12.3. The van der Waals surface area contributed by atoms with Gasteiger partial charge in [-0.1, -0.05) is 6.07 Å². The Hall–Kier alpha value is -2.04. The lowest BCUT2D eigenvalue weighted by molar-refractivity contribution is 0.289. The summed E-state index contributed by atoms with van der Waals surface area (Å²) in [5.41, 5.74) is 5.73. The van der Waals surface area contributed by atoms with Gasteiger partial charge < -0.3 is 15.0 Å². The maximum absolute atomic E-state index is 12.9. The monoisotopic (exact) mass is 235 g/mol. The number of rotatable bonds is 4. The van der Waals surface area contributed by atoms with Crippen LogP contribution in [0.2, 0.25) is 0 Å². The molecule has 0 saturated carbocycles. The standard InChI is InChI=1S/C12H14FN3O/c1-2-16-11(14)7-15-12(16)8-17-10-5-3-4-9(13)6-10/h3-7H,2,8,14H2,1H3. The highest BCUT2D eigenvalue weighted by molar-refractivity contribution is 5.28. The maximum atomic E-state index is 12.9. The lowest BCUT2D eigenvalue weighted by Crippen LogP contribution is -2.08. The molecule has 0 fully saturated rings. The van der Waals surface area contributed by atoms with Crippen molar-refractivity contribution in [1.29, 1.82) is 0 Å². The molecular weight excluding hydrogens is 221 g/mol. The summed E-state index contributed by atoms with van der Waals surface area (Å²) in [6.45, 7) is 2.98. The van der Waals surface area contributed by atoms with Crippen molar-refractivity contribution >= 4 is 5.82 Å². The van der Waals surface area contributed by atoms with Crippen molar-refractivity contribution in [3.8, 4) is 5.75 Å². The minimum atomic E-state index is -0.319. The molecule has 1 aromatic carbocycles. The fourth-order valence-electron chi connectivity index (χ4n) is 1.61. The summed E-state index contributed by atoms with van der Waals surface area (Å²) < 4.78 is 20.2. The largest absolute Gasteiger partial charge is 0.486 e. The lowest BCUT2D eigenvalue weighted by atomic mass is 10.3. The van der Waals surface area contributed by atoms with Crippen LogP contribution in [-0.4, -0.2) is 9.55 Å². The van der Waals surface area contributed by atoms with Gasteiger partial charge in [0.2, 0.25) is 0 Å². The topological polar surface area (TPSA) is 53.1 Å². The average Bonchev–Trinajstić information content (AvgIpc) is 2.67. The van der Waals surface area contributed by atoms with E-state index >= 15 is 0 Å². The molecule has 4 nitrogen and oxygen atoms in total. The molecule has 0 aliphatic heterocycles. The second-order valence-electron chi connectivity index (χ2n) is 3.59. The predicted octanol–water partition coefficient (Wildman–Crippen LogP) is 2.20. The Balaban J connectivity index is 2.07. The molecule has 0 saturated heterocycles. The van der Waals surface area contributed by atoms with E-state index in [1.807, 2.05) is 11.5 Å². The van der Waals surface area contributed by atoms with Gasteiger partial charge in [0, 0.05) is 12.6 Å². The Morgan fingerprint density at radius 2 is 2.29 bits per heavy atom. The number of nitrogen functional groups attached to an aromatic ring is 1. The summed E-state index contributed by atoms with van der Waals surface area (Å²) in [5.74, 6) is 1.50. The van der Waals surface area contributed by atoms with Crippen LogP contribution in [0.25, 0.3) is 0 Å². The molecule has 2 aromatic rings. The van der Waals surface area contributed by atoms with E-state index in [1.165, 1.54) is 12.1 Å². The summed E-state index contributed by atoms with van der Waals surface area (Å²) in [5, 5.41) is 0. The van der Waals surface area contributed by atoms with Crippen molar-refractivity contribution in [3.05, 3.63) is 42.1 Å². The third-order valence-electron chi connectivity index (χ3n) is 2.45. The Bertz CT molecular complexity index is 510. The Labute approximate surface area is 98.8 Å². The van der Waals surface area contributed by atoms with E-state index in [-0.39, 0.29) is 12.4 Å². The van der Waals surface area contributed by atoms with E-state index in [1.54, 1.807) is 18.3 Å². The molecule has 2 N–H and O–H groups in total. The minimum Gasteiger partial charge on any atom is -0.486 e. The molecule has 90 valence electrons. The molecule has 0 radical (unpaired) electrons. The van der Waals surface area contributed by atoms with Gasteiger partial charge in [-0.25, -0.2) is 9.37 Å². The summed E-state index contributed by atoms with van der Waals surface area (Å²) in [6, 6.07) is 6.01. The zero-order valence-corrected chi connectivity index (χ0v) is 9.56. The number of ether oxygens (including phenoxy) is 1. The first-order valence-electron chi connectivity index (χ1n) is 5.39. The molecule has 0 aliphatic carbocycles. The predicted molar refractivity (Wildman–Crippen MR) is 63.0 cm³/mol. The van der Waals surface area contributed by atoms with E-state index in [9.17, 15) is 4.39 Å². The van der Waals surface area contributed by atoms with E-state index in [4.69, 9.17) is 10.5 Å². The molecule has 0 amide bonds. The zero-order valence-electron chi connectivity index (χ0n) is 9.56. The smallest absolute Gasteiger partial charge is 0.148 e. The van der Waals surface area contributed by atoms with Gasteiger partial charge in [-0.05, 0) is 19.1 Å². The van der Waals surface area contributed by atoms with E-state index in [0.717, 1.165) is 12.4 Å². The number of imidazole rings is 1. The van der Waals surface area contributed by atoms with E-state index < -0.39 is 0 Å². The van der Waals surface area contributed by atoms with Crippen molar-refractivity contribution in [2.45, 2.75) is 20.1 Å². The van der Waals surface area contributed by atoms with Crippen molar-refractivity contribution in [3.63, 3.8) is 0 Å². The molecule has 2 rings (SSSR count). The second kappa shape index (κ2) is 4.86. The first-order valence-corrected chi connectivity index (χ1v) is 5.39. The van der Waals surface area contributed by atoms with Gasteiger partial charge in [-0.3, -0.25) is 0 Å². The summed E-state index contributed by atoms with van der Waals surface area (Å²) in [4.78, 5) is 4.14. The van der Waals surface area contributed by atoms with Crippen LogP contribution in [0.5, 0.6) is 5.75 Å². The first kappa shape index (κ1) is 11.4. The molecule has 5 heteroatoms. The second-order valence-corrected chi connectivity index (χ2v) is 3.59. The number of benzene rings is 1. The van der Waals surface area contributed by atoms with Crippen molar-refractivity contribution in [2.24, 2.45) is 0 Å². The van der Waals surface area contributed by atoms with Crippen molar-refractivity contribution < 1.29 is 9.13 Å². The maximum Gasteiger partial charge on any atom is 0.148 e.